The van der Waals surface area contributed by atoms with E-state index in [-0.39, 0.29) is 18.1 Å². The second-order valence-corrected chi connectivity index (χ2v) is 4.42. The molecule has 2 heterocycles. The van der Waals surface area contributed by atoms with Crippen LogP contribution in [0.4, 0.5) is 4.79 Å². The predicted octanol–water partition coefficient (Wildman–Crippen LogP) is -0.318. The molecule has 2 amide bonds. The van der Waals surface area contributed by atoms with Crippen molar-refractivity contribution in [1.29, 1.82) is 0 Å². The molecule has 0 aromatic carbocycles. The van der Waals surface area contributed by atoms with E-state index in [0.29, 0.717) is 12.5 Å². The zero-order chi connectivity index (χ0) is 10.7. The number of urea groups is 1. The van der Waals surface area contributed by atoms with Crippen LogP contribution >= 0.6 is 0 Å². The van der Waals surface area contributed by atoms with Gasteiger partial charge in [-0.1, -0.05) is 6.92 Å². The van der Waals surface area contributed by atoms with Gasteiger partial charge in [0.1, 0.15) is 0 Å². The van der Waals surface area contributed by atoms with Crippen LogP contribution in [0.1, 0.15) is 13.3 Å². The van der Waals surface area contributed by atoms with Crippen molar-refractivity contribution >= 4 is 6.03 Å². The third-order valence-electron chi connectivity index (χ3n) is 3.10. The Bertz CT molecular complexity index is 229. The molecule has 0 bridgehead atoms. The van der Waals surface area contributed by atoms with Gasteiger partial charge in [-0.05, 0) is 18.9 Å². The molecule has 15 heavy (non-hydrogen) atoms. The van der Waals surface area contributed by atoms with Crippen molar-refractivity contribution in [2.24, 2.45) is 5.92 Å². The first-order valence-corrected chi connectivity index (χ1v) is 5.61. The van der Waals surface area contributed by atoms with E-state index < -0.39 is 0 Å². The maximum atomic E-state index is 11.6. The van der Waals surface area contributed by atoms with Gasteiger partial charge < -0.3 is 20.7 Å². The highest BCUT2D eigenvalue weighted by Crippen LogP contribution is 2.07. The second-order valence-electron chi connectivity index (χ2n) is 4.42. The highest BCUT2D eigenvalue weighted by Gasteiger charge is 2.25. The Balaban J connectivity index is 1.71. The fourth-order valence-corrected chi connectivity index (χ4v) is 2.05. The molecule has 3 unspecified atom stereocenters. The summed E-state index contributed by atoms with van der Waals surface area (Å²) in [6.45, 7) is 5.40. The molecule has 0 spiro atoms. The lowest BCUT2D eigenvalue weighted by molar-refractivity contribution is 0.188. The van der Waals surface area contributed by atoms with Gasteiger partial charge in [-0.3, -0.25) is 0 Å². The predicted molar refractivity (Wildman–Crippen MR) is 56.7 cm³/mol. The SMILES string of the molecule is CC1CNCC1NC(=O)NC1CCOC1. The van der Waals surface area contributed by atoms with Crippen LogP contribution in [0.3, 0.4) is 0 Å². The van der Waals surface area contributed by atoms with Crippen molar-refractivity contribution in [1.82, 2.24) is 16.0 Å². The molecule has 0 saturated carbocycles. The molecule has 2 aliphatic rings. The number of nitrogens with one attached hydrogen (secondary N) is 3. The fourth-order valence-electron chi connectivity index (χ4n) is 2.05. The van der Waals surface area contributed by atoms with E-state index in [1.165, 1.54) is 0 Å². The smallest absolute Gasteiger partial charge is 0.315 e. The molecule has 3 N–H and O–H groups in total. The number of amides is 2. The number of hydrogen-bond donors (Lipinski definition) is 3. The Morgan fingerprint density at radius 3 is 2.87 bits per heavy atom. The summed E-state index contributed by atoms with van der Waals surface area (Å²) in [6.07, 6.45) is 0.923. The average molecular weight is 213 g/mol. The number of rotatable bonds is 2. The minimum Gasteiger partial charge on any atom is -0.379 e. The largest absolute Gasteiger partial charge is 0.379 e. The van der Waals surface area contributed by atoms with Crippen molar-refractivity contribution in [2.75, 3.05) is 26.3 Å². The Kier molecular flexibility index (Phi) is 3.43. The quantitative estimate of drug-likeness (QED) is 0.589. The molecule has 0 aromatic rings. The van der Waals surface area contributed by atoms with Crippen LogP contribution in [0.15, 0.2) is 0 Å². The summed E-state index contributed by atoms with van der Waals surface area (Å²) in [5.74, 6) is 0.510. The van der Waals surface area contributed by atoms with Crippen molar-refractivity contribution in [2.45, 2.75) is 25.4 Å². The molecule has 0 radical (unpaired) electrons. The Morgan fingerprint density at radius 2 is 2.27 bits per heavy atom. The minimum atomic E-state index is -0.0638. The van der Waals surface area contributed by atoms with Gasteiger partial charge in [-0.2, -0.15) is 0 Å². The van der Waals surface area contributed by atoms with Gasteiger partial charge in [-0.15, -0.1) is 0 Å². The van der Waals surface area contributed by atoms with E-state index in [1.54, 1.807) is 0 Å². The lowest BCUT2D eigenvalue weighted by Crippen LogP contribution is -2.48. The molecule has 2 fully saturated rings. The highest BCUT2D eigenvalue weighted by atomic mass is 16.5. The van der Waals surface area contributed by atoms with Gasteiger partial charge in [0.05, 0.1) is 12.6 Å². The van der Waals surface area contributed by atoms with Crippen molar-refractivity contribution < 1.29 is 9.53 Å². The molecular weight excluding hydrogens is 194 g/mol. The van der Waals surface area contributed by atoms with Crippen LogP contribution in [0.5, 0.6) is 0 Å². The second kappa shape index (κ2) is 4.81. The Hall–Kier alpha value is -0.810. The van der Waals surface area contributed by atoms with Crippen LogP contribution < -0.4 is 16.0 Å². The molecule has 3 atom stereocenters. The first-order valence-electron chi connectivity index (χ1n) is 5.61. The first kappa shape index (κ1) is 10.7. The van der Waals surface area contributed by atoms with Crippen LogP contribution in [0, 0.1) is 5.92 Å². The monoisotopic (exact) mass is 213 g/mol. The van der Waals surface area contributed by atoms with Gasteiger partial charge in [0.25, 0.3) is 0 Å². The van der Waals surface area contributed by atoms with Gasteiger partial charge in [0.2, 0.25) is 0 Å². The molecule has 2 saturated heterocycles. The third kappa shape index (κ3) is 2.82. The highest BCUT2D eigenvalue weighted by molar-refractivity contribution is 5.74. The van der Waals surface area contributed by atoms with E-state index in [0.717, 1.165) is 26.1 Å². The van der Waals surface area contributed by atoms with E-state index >= 15 is 0 Å². The number of ether oxygens (including phenoxy) is 1. The third-order valence-corrected chi connectivity index (χ3v) is 3.10. The number of carbonyl (C=O) groups excluding carboxylic acids is 1. The zero-order valence-electron chi connectivity index (χ0n) is 9.08. The van der Waals surface area contributed by atoms with Crippen molar-refractivity contribution in [3.8, 4) is 0 Å². The Labute approximate surface area is 89.9 Å². The van der Waals surface area contributed by atoms with Gasteiger partial charge in [0, 0.05) is 19.2 Å². The summed E-state index contributed by atoms with van der Waals surface area (Å²) >= 11 is 0. The normalized spacial score (nSPS) is 35.4. The van der Waals surface area contributed by atoms with Gasteiger partial charge >= 0.3 is 6.03 Å². The lowest BCUT2D eigenvalue weighted by Gasteiger charge is -2.18. The van der Waals surface area contributed by atoms with Crippen molar-refractivity contribution in [3.63, 3.8) is 0 Å². The fraction of sp³-hybridized carbons (Fsp3) is 0.900. The molecule has 2 rings (SSSR count). The molecule has 5 heteroatoms. The van der Waals surface area contributed by atoms with E-state index in [1.807, 2.05) is 0 Å². The standard InChI is InChI=1S/C10H19N3O2/c1-7-4-11-5-9(7)13-10(14)12-8-2-3-15-6-8/h7-9,11H,2-6H2,1H3,(H2,12,13,14). The minimum absolute atomic E-state index is 0.0638. The molecular formula is C10H19N3O2. The van der Waals surface area contributed by atoms with Gasteiger partial charge in [-0.25, -0.2) is 4.79 Å². The number of hydrogen-bond acceptors (Lipinski definition) is 3. The summed E-state index contributed by atoms with van der Waals surface area (Å²) in [7, 11) is 0. The van der Waals surface area contributed by atoms with Crippen LogP contribution in [0.25, 0.3) is 0 Å². The van der Waals surface area contributed by atoms with Crippen LogP contribution in [-0.2, 0) is 4.74 Å². The first-order chi connectivity index (χ1) is 7.25. The topological polar surface area (TPSA) is 62.4 Å². The van der Waals surface area contributed by atoms with E-state index in [4.69, 9.17) is 4.74 Å². The average Bonchev–Trinajstić information content (AvgIpc) is 2.79. The number of carbonyl (C=O) groups is 1. The maximum absolute atomic E-state index is 11.6. The molecule has 5 nitrogen and oxygen atoms in total. The van der Waals surface area contributed by atoms with E-state index in [2.05, 4.69) is 22.9 Å². The van der Waals surface area contributed by atoms with Crippen LogP contribution in [0.2, 0.25) is 0 Å². The summed E-state index contributed by atoms with van der Waals surface area (Å²) in [4.78, 5) is 11.6. The Morgan fingerprint density at radius 1 is 1.40 bits per heavy atom. The van der Waals surface area contributed by atoms with Crippen molar-refractivity contribution in [3.05, 3.63) is 0 Å². The molecule has 0 aliphatic carbocycles. The maximum Gasteiger partial charge on any atom is 0.315 e. The summed E-state index contributed by atoms with van der Waals surface area (Å²) in [6, 6.07) is 0.382. The molecule has 0 aromatic heterocycles. The summed E-state index contributed by atoms with van der Waals surface area (Å²) < 4.78 is 5.19. The molecule has 2 aliphatic heterocycles. The summed E-state index contributed by atoms with van der Waals surface area (Å²) in [5.41, 5.74) is 0. The van der Waals surface area contributed by atoms with Gasteiger partial charge in [0.15, 0.2) is 0 Å². The summed E-state index contributed by atoms with van der Waals surface area (Å²) in [5, 5.41) is 9.16. The zero-order valence-corrected chi connectivity index (χ0v) is 9.08. The lowest BCUT2D eigenvalue weighted by atomic mass is 10.1. The molecule has 86 valence electrons. The van der Waals surface area contributed by atoms with Crippen LogP contribution in [-0.4, -0.2) is 44.4 Å². The van der Waals surface area contributed by atoms with E-state index in [9.17, 15) is 4.79 Å².